The van der Waals surface area contributed by atoms with Crippen LogP contribution in [0.25, 0.3) is 0 Å². The van der Waals surface area contributed by atoms with Gasteiger partial charge in [-0.3, -0.25) is 4.79 Å². The Morgan fingerprint density at radius 2 is 2.36 bits per heavy atom. The smallest absolute Gasteiger partial charge is 0.224 e. The first kappa shape index (κ1) is 11.5. The standard InChI is InChI=1S/C10H20N2O2/c1-10(2,7-14-3)12-9(13)8-4-5-11-6-8/h8,11H,4-7H2,1-3H3,(H,12,13)/t8-/m0/s1. The molecule has 82 valence electrons. The van der Waals surface area contributed by atoms with Crippen molar-refractivity contribution < 1.29 is 9.53 Å². The van der Waals surface area contributed by atoms with Crippen LogP contribution in [0.2, 0.25) is 0 Å². The highest BCUT2D eigenvalue weighted by Gasteiger charge is 2.27. The molecule has 0 unspecified atom stereocenters. The third-order valence-electron chi connectivity index (χ3n) is 2.40. The summed E-state index contributed by atoms with van der Waals surface area (Å²) >= 11 is 0. The van der Waals surface area contributed by atoms with Crippen LogP contribution in [0.5, 0.6) is 0 Å². The van der Waals surface area contributed by atoms with Gasteiger partial charge in [0.05, 0.1) is 18.1 Å². The van der Waals surface area contributed by atoms with Gasteiger partial charge in [0.15, 0.2) is 0 Å². The predicted molar refractivity (Wildman–Crippen MR) is 55.1 cm³/mol. The van der Waals surface area contributed by atoms with E-state index in [9.17, 15) is 4.79 Å². The minimum atomic E-state index is -0.269. The Balaban J connectivity index is 2.38. The van der Waals surface area contributed by atoms with Crippen molar-refractivity contribution in [1.82, 2.24) is 10.6 Å². The van der Waals surface area contributed by atoms with Crippen LogP contribution in [0, 0.1) is 5.92 Å². The van der Waals surface area contributed by atoms with Crippen LogP contribution in [0.3, 0.4) is 0 Å². The molecular formula is C10H20N2O2. The fourth-order valence-electron chi connectivity index (χ4n) is 1.71. The minimum Gasteiger partial charge on any atom is -0.382 e. The molecule has 4 heteroatoms. The third-order valence-corrected chi connectivity index (χ3v) is 2.40. The van der Waals surface area contributed by atoms with Crippen molar-refractivity contribution in [1.29, 1.82) is 0 Å². The maximum atomic E-state index is 11.7. The molecule has 1 rings (SSSR count). The number of carbonyl (C=O) groups is 1. The topological polar surface area (TPSA) is 50.4 Å². The van der Waals surface area contributed by atoms with Crippen molar-refractivity contribution in [3.63, 3.8) is 0 Å². The fourth-order valence-corrected chi connectivity index (χ4v) is 1.71. The SMILES string of the molecule is COCC(C)(C)NC(=O)[C@H]1CCNC1. The highest BCUT2D eigenvalue weighted by atomic mass is 16.5. The number of hydrogen-bond donors (Lipinski definition) is 2. The fraction of sp³-hybridized carbons (Fsp3) is 0.900. The summed E-state index contributed by atoms with van der Waals surface area (Å²) in [5.41, 5.74) is -0.269. The molecule has 0 aromatic carbocycles. The van der Waals surface area contributed by atoms with Gasteiger partial charge in [-0.05, 0) is 26.8 Å². The number of nitrogens with one attached hydrogen (secondary N) is 2. The molecule has 0 spiro atoms. The molecular weight excluding hydrogens is 180 g/mol. The Labute approximate surface area is 85.4 Å². The summed E-state index contributed by atoms with van der Waals surface area (Å²) in [6, 6.07) is 0. The van der Waals surface area contributed by atoms with Crippen molar-refractivity contribution in [3.8, 4) is 0 Å². The second-order valence-corrected chi connectivity index (χ2v) is 4.50. The van der Waals surface area contributed by atoms with Crippen LogP contribution in [-0.2, 0) is 9.53 Å². The second kappa shape index (κ2) is 4.75. The molecule has 0 aromatic rings. The minimum absolute atomic E-state index is 0.131. The van der Waals surface area contributed by atoms with Crippen LogP contribution in [0.1, 0.15) is 20.3 Å². The molecule has 1 amide bonds. The molecule has 0 radical (unpaired) electrons. The molecule has 0 bridgehead atoms. The summed E-state index contributed by atoms with van der Waals surface area (Å²) in [5, 5.41) is 6.17. The van der Waals surface area contributed by atoms with Gasteiger partial charge >= 0.3 is 0 Å². The molecule has 0 aromatic heterocycles. The Morgan fingerprint density at radius 1 is 1.64 bits per heavy atom. The first-order valence-corrected chi connectivity index (χ1v) is 5.07. The van der Waals surface area contributed by atoms with Gasteiger partial charge in [0.1, 0.15) is 0 Å². The zero-order valence-corrected chi connectivity index (χ0v) is 9.22. The summed E-state index contributed by atoms with van der Waals surface area (Å²) in [7, 11) is 1.64. The molecule has 14 heavy (non-hydrogen) atoms. The molecule has 1 fully saturated rings. The van der Waals surface area contributed by atoms with E-state index < -0.39 is 0 Å². The van der Waals surface area contributed by atoms with Gasteiger partial charge in [-0.1, -0.05) is 0 Å². The molecule has 1 aliphatic rings. The largest absolute Gasteiger partial charge is 0.382 e. The number of ether oxygens (including phenoxy) is 1. The third kappa shape index (κ3) is 3.27. The number of rotatable bonds is 4. The summed E-state index contributed by atoms with van der Waals surface area (Å²) < 4.78 is 5.04. The van der Waals surface area contributed by atoms with E-state index in [1.807, 2.05) is 13.8 Å². The maximum absolute atomic E-state index is 11.7. The van der Waals surface area contributed by atoms with Crippen molar-refractivity contribution >= 4 is 5.91 Å². The molecule has 2 N–H and O–H groups in total. The molecule has 0 aliphatic carbocycles. The average molecular weight is 200 g/mol. The summed E-state index contributed by atoms with van der Waals surface area (Å²) in [6.45, 7) is 6.23. The monoisotopic (exact) mass is 200 g/mol. The number of amides is 1. The van der Waals surface area contributed by atoms with Gasteiger partial charge in [0.25, 0.3) is 0 Å². The number of carbonyl (C=O) groups excluding carboxylic acids is 1. The highest BCUT2D eigenvalue weighted by molar-refractivity contribution is 5.79. The molecule has 1 saturated heterocycles. The quantitative estimate of drug-likeness (QED) is 0.678. The van der Waals surface area contributed by atoms with E-state index in [4.69, 9.17) is 4.74 Å². The van der Waals surface area contributed by atoms with E-state index in [1.165, 1.54) is 0 Å². The lowest BCUT2D eigenvalue weighted by molar-refractivity contribution is -0.126. The molecule has 4 nitrogen and oxygen atoms in total. The van der Waals surface area contributed by atoms with Crippen molar-refractivity contribution in [2.45, 2.75) is 25.8 Å². The van der Waals surface area contributed by atoms with Crippen LogP contribution in [0.15, 0.2) is 0 Å². The Kier molecular flexibility index (Phi) is 3.89. The van der Waals surface area contributed by atoms with Crippen molar-refractivity contribution in [3.05, 3.63) is 0 Å². The first-order chi connectivity index (χ1) is 6.55. The van der Waals surface area contributed by atoms with E-state index in [1.54, 1.807) is 7.11 Å². The van der Waals surface area contributed by atoms with Gasteiger partial charge in [-0.15, -0.1) is 0 Å². The van der Waals surface area contributed by atoms with Crippen LogP contribution >= 0.6 is 0 Å². The lowest BCUT2D eigenvalue weighted by atomic mass is 10.0. The van der Waals surface area contributed by atoms with Gasteiger partial charge in [0, 0.05) is 13.7 Å². The number of hydrogen-bond acceptors (Lipinski definition) is 3. The molecule has 1 atom stereocenters. The lowest BCUT2D eigenvalue weighted by Crippen LogP contribution is -2.49. The highest BCUT2D eigenvalue weighted by Crippen LogP contribution is 2.10. The van der Waals surface area contributed by atoms with E-state index in [2.05, 4.69) is 10.6 Å². The summed E-state index contributed by atoms with van der Waals surface area (Å²) in [6.07, 6.45) is 0.939. The average Bonchev–Trinajstić information content (AvgIpc) is 2.53. The second-order valence-electron chi connectivity index (χ2n) is 4.50. The first-order valence-electron chi connectivity index (χ1n) is 5.07. The van der Waals surface area contributed by atoms with Crippen LogP contribution in [-0.4, -0.2) is 38.3 Å². The van der Waals surface area contributed by atoms with Gasteiger partial charge in [-0.2, -0.15) is 0 Å². The van der Waals surface area contributed by atoms with Crippen molar-refractivity contribution in [2.75, 3.05) is 26.8 Å². The van der Waals surface area contributed by atoms with Crippen LogP contribution < -0.4 is 10.6 Å². The maximum Gasteiger partial charge on any atom is 0.224 e. The normalized spacial score (nSPS) is 22.4. The van der Waals surface area contributed by atoms with Crippen LogP contribution in [0.4, 0.5) is 0 Å². The van der Waals surface area contributed by atoms with Crippen molar-refractivity contribution in [2.24, 2.45) is 5.92 Å². The molecule has 1 heterocycles. The lowest BCUT2D eigenvalue weighted by Gasteiger charge is -2.26. The predicted octanol–water partition coefficient (Wildman–Crippen LogP) is 0.137. The zero-order chi connectivity index (χ0) is 10.6. The molecule has 1 aliphatic heterocycles. The molecule has 0 saturated carbocycles. The van der Waals surface area contributed by atoms with Gasteiger partial charge in [0.2, 0.25) is 5.91 Å². The Bertz CT molecular complexity index is 198. The Hall–Kier alpha value is -0.610. The summed E-state index contributed by atoms with van der Waals surface area (Å²) in [4.78, 5) is 11.7. The van der Waals surface area contributed by atoms with E-state index in [0.29, 0.717) is 6.61 Å². The van der Waals surface area contributed by atoms with E-state index in [-0.39, 0.29) is 17.4 Å². The van der Waals surface area contributed by atoms with E-state index >= 15 is 0 Å². The van der Waals surface area contributed by atoms with E-state index in [0.717, 1.165) is 19.5 Å². The Morgan fingerprint density at radius 3 is 2.86 bits per heavy atom. The van der Waals surface area contributed by atoms with Gasteiger partial charge in [-0.25, -0.2) is 0 Å². The zero-order valence-electron chi connectivity index (χ0n) is 9.22. The van der Waals surface area contributed by atoms with Gasteiger partial charge < -0.3 is 15.4 Å². The summed E-state index contributed by atoms with van der Waals surface area (Å²) in [5.74, 6) is 0.267. The number of methoxy groups -OCH3 is 1.